The van der Waals surface area contributed by atoms with Gasteiger partial charge in [0.1, 0.15) is 11.6 Å². The third kappa shape index (κ3) is 2.85. The van der Waals surface area contributed by atoms with Gasteiger partial charge in [-0.2, -0.15) is 9.97 Å². The molecule has 7 heteroatoms. The maximum absolute atomic E-state index is 15.5. The Bertz CT molecular complexity index is 675. The van der Waals surface area contributed by atoms with Crippen molar-refractivity contribution >= 4 is 33.5 Å². The van der Waals surface area contributed by atoms with Crippen LogP contribution in [-0.4, -0.2) is 23.1 Å². The molecule has 0 aliphatic carbocycles. The molecule has 0 radical (unpaired) electrons. The molecule has 1 aromatic heterocycles. The average Bonchev–Trinajstić information content (AvgIpc) is 2.46. The minimum atomic E-state index is -1.44. The molecule has 116 valence electrons. The number of rotatable bonds is 2. The molecular weight excluding hydrogens is 349 g/mol. The van der Waals surface area contributed by atoms with E-state index < -0.39 is 5.67 Å². The Hall–Kier alpha value is -1.89. The fraction of sp³-hybridized carbons (Fsp3) is 0.333. The fourth-order valence-electron chi connectivity index (χ4n) is 2.88. The van der Waals surface area contributed by atoms with Gasteiger partial charge < -0.3 is 16.4 Å². The molecule has 3 rings (SSSR count). The Morgan fingerprint density at radius 2 is 2.00 bits per heavy atom. The molecule has 2 heterocycles. The molecule has 1 aromatic carbocycles. The Labute approximate surface area is 136 Å². The summed E-state index contributed by atoms with van der Waals surface area (Å²) in [5.41, 5.74) is 10.6. The van der Waals surface area contributed by atoms with Crippen LogP contribution < -0.4 is 16.4 Å². The number of nitrogen functional groups attached to an aromatic ring is 2. The van der Waals surface area contributed by atoms with Crippen LogP contribution in [0.25, 0.3) is 0 Å². The van der Waals surface area contributed by atoms with Crippen molar-refractivity contribution in [1.82, 2.24) is 9.97 Å². The lowest BCUT2D eigenvalue weighted by molar-refractivity contribution is 0.135. The monoisotopic (exact) mass is 365 g/mol. The molecule has 1 aliphatic heterocycles. The second kappa shape index (κ2) is 5.72. The van der Waals surface area contributed by atoms with E-state index in [2.05, 4.69) is 25.9 Å². The molecule has 22 heavy (non-hydrogen) atoms. The predicted octanol–water partition coefficient (Wildman–Crippen LogP) is 2.87. The number of nitrogens with two attached hydrogens (primary N) is 2. The Morgan fingerprint density at radius 1 is 1.23 bits per heavy atom. The summed E-state index contributed by atoms with van der Waals surface area (Å²) in [5.74, 6) is 0.961. The average molecular weight is 366 g/mol. The molecular formula is C15H17BrFN5. The van der Waals surface area contributed by atoms with Crippen molar-refractivity contribution in [1.29, 1.82) is 0 Å². The lowest BCUT2D eigenvalue weighted by Crippen LogP contribution is -2.44. The second-order valence-corrected chi connectivity index (χ2v) is 6.33. The molecule has 0 amide bonds. The van der Waals surface area contributed by atoms with E-state index in [-0.39, 0.29) is 12.5 Å². The normalized spacial score (nSPS) is 21.8. The number of aromatic nitrogens is 2. The van der Waals surface area contributed by atoms with Crippen molar-refractivity contribution in [2.45, 2.75) is 18.5 Å². The largest absolute Gasteiger partial charge is 0.383 e. The first-order valence-electron chi connectivity index (χ1n) is 7.07. The van der Waals surface area contributed by atoms with Crippen LogP contribution in [0.15, 0.2) is 34.8 Å². The van der Waals surface area contributed by atoms with Gasteiger partial charge >= 0.3 is 0 Å². The van der Waals surface area contributed by atoms with Crippen LogP contribution in [0.1, 0.15) is 18.4 Å². The van der Waals surface area contributed by atoms with Crippen LogP contribution in [0, 0.1) is 0 Å². The summed E-state index contributed by atoms with van der Waals surface area (Å²) >= 11 is 3.44. The van der Waals surface area contributed by atoms with E-state index in [1.54, 1.807) is 6.07 Å². The number of piperidine rings is 1. The van der Waals surface area contributed by atoms with Gasteiger partial charge in [-0.1, -0.05) is 34.1 Å². The van der Waals surface area contributed by atoms with E-state index in [1.807, 2.05) is 29.2 Å². The molecule has 0 bridgehead atoms. The Kier molecular flexibility index (Phi) is 3.90. The highest BCUT2D eigenvalue weighted by molar-refractivity contribution is 9.10. The molecule has 5 nitrogen and oxygen atoms in total. The Morgan fingerprint density at radius 3 is 2.73 bits per heavy atom. The van der Waals surface area contributed by atoms with Gasteiger partial charge in [0.05, 0.1) is 6.54 Å². The highest BCUT2D eigenvalue weighted by Crippen LogP contribution is 2.40. The van der Waals surface area contributed by atoms with Crippen molar-refractivity contribution in [2.24, 2.45) is 0 Å². The number of benzene rings is 1. The van der Waals surface area contributed by atoms with Gasteiger partial charge in [0.15, 0.2) is 5.67 Å². The molecule has 2 aromatic rings. The van der Waals surface area contributed by atoms with E-state index in [1.165, 1.54) is 0 Å². The molecule has 1 aliphatic rings. The molecule has 0 spiro atoms. The summed E-state index contributed by atoms with van der Waals surface area (Å²) in [5, 5.41) is 0. The molecule has 1 fully saturated rings. The zero-order chi connectivity index (χ0) is 15.7. The van der Waals surface area contributed by atoms with Gasteiger partial charge in [-0.3, -0.25) is 0 Å². The van der Waals surface area contributed by atoms with Crippen LogP contribution in [0.3, 0.4) is 0 Å². The summed E-state index contributed by atoms with van der Waals surface area (Å²) in [4.78, 5) is 9.90. The summed E-state index contributed by atoms with van der Waals surface area (Å²) in [7, 11) is 0. The van der Waals surface area contributed by atoms with Crippen LogP contribution in [-0.2, 0) is 5.67 Å². The maximum atomic E-state index is 15.5. The van der Waals surface area contributed by atoms with Crippen molar-refractivity contribution in [3.63, 3.8) is 0 Å². The van der Waals surface area contributed by atoms with Gasteiger partial charge in [-0.05, 0) is 18.9 Å². The molecule has 1 unspecified atom stereocenters. The summed E-state index contributed by atoms with van der Waals surface area (Å²) in [6, 6.07) is 9.03. The van der Waals surface area contributed by atoms with Crippen molar-refractivity contribution in [3.05, 3.63) is 40.4 Å². The molecule has 0 saturated carbocycles. The van der Waals surface area contributed by atoms with E-state index in [0.29, 0.717) is 30.2 Å². The van der Waals surface area contributed by atoms with Crippen molar-refractivity contribution < 1.29 is 4.39 Å². The summed E-state index contributed by atoms with van der Waals surface area (Å²) in [6.45, 7) is 0.928. The highest BCUT2D eigenvalue weighted by Gasteiger charge is 2.39. The predicted molar refractivity (Wildman–Crippen MR) is 89.2 cm³/mol. The van der Waals surface area contributed by atoms with E-state index in [9.17, 15) is 0 Å². The third-order valence-corrected chi connectivity index (χ3v) is 4.56. The van der Waals surface area contributed by atoms with Gasteiger partial charge in [0.2, 0.25) is 5.95 Å². The Balaban J connectivity index is 1.92. The number of nitrogens with zero attached hydrogens (tertiary/aromatic N) is 3. The zero-order valence-electron chi connectivity index (χ0n) is 12.0. The van der Waals surface area contributed by atoms with E-state index >= 15 is 4.39 Å². The standard InChI is InChI=1S/C15H17BrFN5/c16-11-5-2-1-4-10(11)15(17)6-3-7-22(9-15)13-8-12(18)20-14(19)21-13/h1-2,4-5,8H,3,6-7,9H2,(H4,18,19,20,21). The van der Waals surface area contributed by atoms with E-state index in [4.69, 9.17) is 11.5 Å². The number of alkyl halides is 1. The number of hydrogen-bond acceptors (Lipinski definition) is 5. The quantitative estimate of drug-likeness (QED) is 0.854. The number of hydrogen-bond donors (Lipinski definition) is 2. The third-order valence-electron chi connectivity index (χ3n) is 3.87. The van der Waals surface area contributed by atoms with Crippen LogP contribution in [0.4, 0.5) is 22.0 Å². The fourth-order valence-corrected chi connectivity index (χ4v) is 3.52. The van der Waals surface area contributed by atoms with Crippen LogP contribution in [0.5, 0.6) is 0 Å². The lowest BCUT2D eigenvalue weighted by atomic mass is 9.87. The highest BCUT2D eigenvalue weighted by atomic mass is 79.9. The lowest BCUT2D eigenvalue weighted by Gasteiger charge is -2.38. The van der Waals surface area contributed by atoms with Gasteiger partial charge in [0.25, 0.3) is 0 Å². The van der Waals surface area contributed by atoms with Crippen LogP contribution >= 0.6 is 15.9 Å². The van der Waals surface area contributed by atoms with Gasteiger partial charge in [-0.25, -0.2) is 4.39 Å². The first kappa shape index (κ1) is 15.0. The smallest absolute Gasteiger partial charge is 0.223 e. The first-order chi connectivity index (χ1) is 10.5. The molecule has 4 N–H and O–H groups in total. The molecule has 1 atom stereocenters. The number of halogens is 2. The minimum Gasteiger partial charge on any atom is -0.383 e. The summed E-state index contributed by atoms with van der Waals surface area (Å²) < 4.78 is 16.3. The second-order valence-electron chi connectivity index (χ2n) is 5.48. The van der Waals surface area contributed by atoms with Gasteiger partial charge in [-0.15, -0.1) is 0 Å². The first-order valence-corrected chi connectivity index (χ1v) is 7.86. The van der Waals surface area contributed by atoms with Crippen molar-refractivity contribution in [2.75, 3.05) is 29.5 Å². The zero-order valence-corrected chi connectivity index (χ0v) is 13.6. The maximum Gasteiger partial charge on any atom is 0.223 e. The SMILES string of the molecule is Nc1cc(N2CCCC(F)(c3ccccc3Br)C2)nc(N)n1. The van der Waals surface area contributed by atoms with Gasteiger partial charge in [0, 0.05) is 22.6 Å². The number of anilines is 3. The van der Waals surface area contributed by atoms with Crippen molar-refractivity contribution in [3.8, 4) is 0 Å². The van der Waals surface area contributed by atoms with Crippen LogP contribution in [0.2, 0.25) is 0 Å². The summed E-state index contributed by atoms with van der Waals surface area (Å²) in [6.07, 6.45) is 1.20. The molecule has 1 saturated heterocycles. The topological polar surface area (TPSA) is 81.1 Å². The van der Waals surface area contributed by atoms with E-state index in [0.717, 1.165) is 10.9 Å². The minimum absolute atomic E-state index is 0.103.